The average molecular weight is 300 g/mol. The molecule has 4 heterocycles. The zero-order chi connectivity index (χ0) is 12.9. The third-order valence-electron chi connectivity index (χ3n) is 6.13. The number of hydrogen-bond donors (Lipinski definition) is 1. The lowest BCUT2D eigenvalue weighted by Gasteiger charge is -2.16. The third kappa shape index (κ3) is 3.62. The van der Waals surface area contributed by atoms with Gasteiger partial charge in [0.15, 0.2) is 0 Å². The van der Waals surface area contributed by atoms with E-state index in [1.165, 1.54) is 38.5 Å². The van der Waals surface area contributed by atoms with Gasteiger partial charge in [-0.05, 0) is 58.5 Å². The first-order chi connectivity index (χ1) is 8.58. The van der Waals surface area contributed by atoms with E-state index in [1.54, 1.807) is 0 Å². The van der Waals surface area contributed by atoms with E-state index in [2.05, 4.69) is 30.8 Å². The van der Waals surface area contributed by atoms with Crippen molar-refractivity contribution in [2.75, 3.05) is 14.1 Å². The van der Waals surface area contributed by atoms with Gasteiger partial charge in [0.1, 0.15) is 0 Å². The highest BCUT2D eigenvalue weighted by Gasteiger charge is 2.42. The highest BCUT2D eigenvalue weighted by molar-refractivity contribution is 5.00. The topological polar surface area (TPSA) is 32.5 Å². The maximum Gasteiger partial charge on any atom is 0.0248 e. The van der Waals surface area contributed by atoms with Crippen LogP contribution in [0.3, 0.4) is 0 Å². The van der Waals surface area contributed by atoms with E-state index < -0.39 is 0 Å². The third-order valence-corrected chi connectivity index (χ3v) is 6.13. The summed E-state index contributed by atoms with van der Waals surface area (Å²) in [6.07, 6.45) is 8.34. The Bertz CT molecular complexity index is 277. The summed E-state index contributed by atoms with van der Waals surface area (Å²) in [7, 11) is 4.49. The van der Waals surface area contributed by atoms with Crippen molar-refractivity contribution in [3.8, 4) is 0 Å². The molecule has 128 valence electrons. The van der Waals surface area contributed by atoms with Crippen LogP contribution in [0.2, 0.25) is 0 Å². The summed E-state index contributed by atoms with van der Waals surface area (Å²) in [5, 5.41) is 0. The lowest BCUT2D eigenvalue weighted by atomic mass is 9.91. The summed E-state index contributed by atoms with van der Waals surface area (Å²) >= 11 is 0. The molecular weight excluding hydrogens is 258 g/mol. The molecule has 3 nitrogen and oxygen atoms in total. The summed E-state index contributed by atoms with van der Waals surface area (Å²) in [6.45, 7) is 2.39. The normalized spacial score (nSPS) is 43.4. The number of nitrogens with zero attached hydrogens (tertiary/aromatic N) is 2. The van der Waals surface area contributed by atoms with E-state index in [0.29, 0.717) is 6.04 Å². The van der Waals surface area contributed by atoms with Crippen LogP contribution in [0, 0.1) is 5.92 Å². The summed E-state index contributed by atoms with van der Waals surface area (Å²) < 4.78 is 0. The van der Waals surface area contributed by atoms with Crippen LogP contribution in [-0.2, 0) is 0 Å². The van der Waals surface area contributed by atoms with Crippen LogP contribution in [0.25, 0.3) is 0 Å². The van der Waals surface area contributed by atoms with Gasteiger partial charge in [-0.1, -0.05) is 29.2 Å². The van der Waals surface area contributed by atoms with Crippen molar-refractivity contribution in [1.29, 1.82) is 0 Å². The van der Waals surface area contributed by atoms with Crippen LogP contribution in [0.1, 0.15) is 67.7 Å². The molecule has 4 saturated heterocycles. The molecule has 2 N–H and O–H groups in total. The fourth-order valence-corrected chi connectivity index (χ4v) is 4.91. The maximum atomic E-state index is 5.87. The second kappa shape index (κ2) is 7.94. The number of rotatable bonds is 0. The van der Waals surface area contributed by atoms with E-state index in [9.17, 15) is 0 Å². The zero-order valence-corrected chi connectivity index (χ0v) is 12.2. The Labute approximate surface area is 134 Å². The minimum absolute atomic E-state index is 0. The highest BCUT2D eigenvalue weighted by Crippen LogP contribution is 2.39. The van der Waals surface area contributed by atoms with Gasteiger partial charge in [0.2, 0.25) is 0 Å². The fraction of sp³-hybridized carbons (Fsp3) is 1.00. The molecule has 0 amide bonds. The molecule has 3 heteroatoms. The van der Waals surface area contributed by atoms with E-state index in [-0.39, 0.29) is 22.3 Å². The minimum Gasteiger partial charge on any atom is -0.326 e. The van der Waals surface area contributed by atoms with Crippen molar-refractivity contribution in [3.05, 3.63) is 0 Å². The van der Waals surface area contributed by atoms with Gasteiger partial charge >= 0.3 is 0 Å². The second-order valence-corrected chi connectivity index (χ2v) is 7.04. The predicted molar refractivity (Wildman–Crippen MR) is 95.7 cm³/mol. The molecule has 0 aromatic carbocycles. The molecular formula is C18H41N3. The number of hydrogen-bond acceptors (Lipinski definition) is 3. The van der Waals surface area contributed by atoms with Crippen molar-refractivity contribution < 1.29 is 0 Å². The molecule has 0 radical (unpaired) electrons. The van der Waals surface area contributed by atoms with Gasteiger partial charge in [0, 0.05) is 30.2 Å². The molecule has 0 aromatic rings. The van der Waals surface area contributed by atoms with Gasteiger partial charge in [-0.2, -0.15) is 0 Å². The van der Waals surface area contributed by atoms with Crippen molar-refractivity contribution >= 4 is 0 Å². The van der Waals surface area contributed by atoms with Gasteiger partial charge < -0.3 is 10.6 Å². The smallest absolute Gasteiger partial charge is 0.0248 e. The first-order valence-corrected chi connectivity index (χ1v) is 7.77. The highest BCUT2D eigenvalue weighted by atomic mass is 15.2. The lowest BCUT2D eigenvalue weighted by molar-refractivity contribution is 0.296. The number of nitrogens with two attached hydrogens (primary N) is 1. The minimum atomic E-state index is 0. The van der Waals surface area contributed by atoms with Crippen LogP contribution in [-0.4, -0.2) is 54.1 Å². The van der Waals surface area contributed by atoms with Gasteiger partial charge in [-0.15, -0.1) is 0 Å². The fourth-order valence-electron chi connectivity index (χ4n) is 4.91. The summed E-state index contributed by atoms with van der Waals surface area (Å²) in [5.41, 5.74) is 5.87. The molecule has 0 aromatic heterocycles. The SMILES string of the molecule is C.C.C.CN1[C@H]2CC[C@@H]1[C@H](N)C2.C[C@H]1C[C@H]2CC[C@@H]1N2C. The molecule has 0 unspecified atom stereocenters. The van der Waals surface area contributed by atoms with Crippen LogP contribution < -0.4 is 5.73 Å². The first kappa shape index (κ1) is 20.9. The van der Waals surface area contributed by atoms with Gasteiger partial charge in [0.05, 0.1) is 0 Å². The maximum absolute atomic E-state index is 5.87. The first-order valence-electron chi connectivity index (χ1n) is 7.77. The molecule has 6 atom stereocenters. The van der Waals surface area contributed by atoms with Gasteiger partial charge in [-0.3, -0.25) is 4.90 Å². The Morgan fingerprint density at radius 1 is 0.762 bits per heavy atom. The van der Waals surface area contributed by atoms with E-state index >= 15 is 0 Å². The molecule has 4 aliphatic heterocycles. The molecule has 4 rings (SSSR count). The Kier molecular flexibility index (Phi) is 7.89. The van der Waals surface area contributed by atoms with Crippen LogP contribution >= 0.6 is 0 Å². The summed E-state index contributed by atoms with van der Waals surface area (Å²) in [4.78, 5) is 5.02. The Hall–Kier alpha value is -0.120. The lowest BCUT2D eigenvalue weighted by Crippen LogP contribution is -2.34. The van der Waals surface area contributed by atoms with E-state index in [4.69, 9.17) is 5.73 Å². The van der Waals surface area contributed by atoms with Crippen LogP contribution in [0.15, 0.2) is 0 Å². The largest absolute Gasteiger partial charge is 0.326 e. The molecule has 4 aliphatic rings. The quantitative estimate of drug-likeness (QED) is 0.742. The molecule has 4 fully saturated rings. The standard InChI is InChI=1S/C8H15N.C7H14N2.3CH4/c1-6-5-7-3-4-8(6)9(7)2;1-9-5-2-3-7(9)6(8)4-5;;;/h6-8H,3-5H2,1-2H3;5-7H,2-4,8H2,1H3;3*1H4/t6-,7+,8-;5-,6+,7+;;;/m00.../s1. The van der Waals surface area contributed by atoms with Crippen molar-refractivity contribution in [2.24, 2.45) is 11.7 Å². The van der Waals surface area contributed by atoms with Crippen molar-refractivity contribution in [3.63, 3.8) is 0 Å². The average Bonchev–Trinajstić information content (AvgIpc) is 3.02. The van der Waals surface area contributed by atoms with Gasteiger partial charge in [0.25, 0.3) is 0 Å². The number of fused-ring (bicyclic) bond motifs is 4. The Morgan fingerprint density at radius 3 is 1.38 bits per heavy atom. The van der Waals surface area contributed by atoms with Crippen molar-refractivity contribution in [2.45, 2.75) is 97.9 Å². The second-order valence-electron chi connectivity index (χ2n) is 7.04. The summed E-state index contributed by atoms with van der Waals surface area (Å²) in [6, 6.07) is 3.91. The van der Waals surface area contributed by atoms with Gasteiger partial charge in [-0.25, -0.2) is 0 Å². The van der Waals surface area contributed by atoms with Crippen LogP contribution in [0.4, 0.5) is 0 Å². The van der Waals surface area contributed by atoms with E-state index in [0.717, 1.165) is 30.1 Å². The Morgan fingerprint density at radius 2 is 1.24 bits per heavy atom. The zero-order valence-electron chi connectivity index (χ0n) is 12.2. The van der Waals surface area contributed by atoms with Crippen molar-refractivity contribution in [1.82, 2.24) is 9.80 Å². The summed E-state index contributed by atoms with van der Waals surface area (Å²) in [5.74, 6) is 0.980. The number of likely N-dealkylation sites (N-methyl/N-ethyl adjacent to an activating group) is 1. The molecule has 4 bridgehead atoms. The molecule has 0 aliphatic carbocycles. The predicted octanol–water partition coefficient (Wildman–Crippen LogP) is 3.58. The molecule has 0 saturated carbocycles. The van der Waals surface area contributed by atoms with E-state index in [1.807, 2.05) is 0 Å². The molecule has 21 heavy (non-hydrogen) atoms. The van der Waals surface area contributed by atoms with Crippen LogP contribution in [0.5, 0.6) is 0 Å². The molecule has 0 spiro atoms. The Balaban J connectivity index is 0.000000333. The monoisotopic (exact) mass is 299 g/mol.